The average Bonchev–Trinajstić information content (AvgIpc) is 3.25. The summed E-state index contributed by atoms with van der Waals surface area (Å²) in [5.41, 5.74) is 0.982. The number of rotatable bonds is 5. The zero-order chi connectivity index (χ0) is 19.7. The van der Waals surface area contributed by atoms with E-state index in [0.29, 0.717) is 25.4 Å². The van der Waals surface area contributed by atoms with Crippen LogP contribution in [0.15, 0.2) is 60.7 Å². The highest BCUT2D eigenvalue weighted by atomic mass is 32.2. The maximum Gasteiger partial charge on any atom is 0.260 e. The molecule has 2 heterocycles. The molecule has 0 aromatic heterocycles. The molecule has 1 amide bonds. The number of nitrogens with zero attached hydrogens (tertiary/aromatic N) is 2. The van der Waals surface area contributed by atoms with Crippen molar-refractivity contribution in [2.45, 2.75) is 6.04 Å². The number of carbonyl (C=O) groups is 1. The second kappa shape index (κ2) is 7.56. The van der Waals surface area contributed by atoms with Gasteiger partial charge in [0.05, 0.1) is 12.3 Å². The van der Waals surface area contributed by atoms with Gasteiger partial charge in [0, 0.05) is 25.6 Å². The number of ether oxygens (including phenoxy) is 1. The third kappa shape index (κ3) is 3.77. The van der Waals surface area contributed by atoms with E-state index < -0.39 is 10.0 Å². The predicted octanol–water partition coefficient (Wildman–Crippen LogP) is 2.16. The van der Waals surface area contributed by atoms with Crippen LogP contribution in [0.4, 0.5) is 0 Å². The molecular weight excluding hydrogens is 376 g/mol. The molecule has 2 aromatic carbocycles. The van der Waals surface area contributed by atoms with Crippen LogP contribution in [0.1, 0.15) is 11.6 Å². The predicted molar refractivity (Wildman–Crippen MR) is 106 cm³/mol. The Morgan fingerprint density at radius 3 is 2.29 bits per heavy atom. The molecule has 0 unspecified atom stereocenters. The Hall–Kier alpha value is -2.38. The SMILES string of the molecule is CS(=O)(=O)N1C[C@H]2CN(C(=O)COc3ccccc3)C[C@H]2[C@@H]1c1ccccc1. The van der Waals surface area contributed by atoms with Gasteiger partial charge in [0.1, 0.15) is 5.75 Å². The minimum Gasteiger partial charge on any atom is -0.484 e. The number of para-hydroxylation sites is 1. The molecule has 0 N–H and O–H groups in total. The molecule has 28 heavy (non-hydrogen) atoms. The first-order valence-electron chi connectivity index (χ1n) is 9.41. The molecule has 148 valence electrons. The maximum atomic E-state index is 12.6. The molecule has 0 bridgehead atoms. The van der Waals surface area contributed by atoms with Crippen LogP contribution in [0.3, 0.4) is 0 Å². The number of fused-ring (bicyclic) bond motifs is 1. The molecule has 2 aromatic rings. The van der Waals surface area contributed by atoms with Gasteiger partial charge in [-0.15, -0.1) is 0 Å². The van der Waals surface area contributed by atoms with E-state index in [2.05, 4.69) is 0 Å². The van der Waals surface area contributed by atoms with E-state index in [9.17, 15) is 13.2 Å². The number of likely N-dealkylation sites (tertiary alicyclic amines) is 1. The lowest BCUT2D eigenvalue weighted by Gasteiger charge is -2.28. The summed E-state index contributed by atoms with van der Waals surface area (Å²) in [6, 6.07) is 18.7. The molecule has 2 aliphatic rings. The maximum absolute atomic E-state index is 12.6. The largest absolute Gasteiger partial charge is 0.484 e. The molecule has 4 rings (SSSR count). The summed E-state index contributed by atoms with van der Waals surface area (Å²) in [5.74, 6) is 0.843. The van der Waals surface area contributed by atoms with Gasteiger partial charge in [-0.3, -0.25) is 4.79 Å². The highest BCUT2D eigenvalue weighted by molar-refractivity contribution is 7.88. The van der Waals surface area contributed by atoms with Crippen LogP contribution >= 0.6 is 0 Å². The number of hydrogen-bond acceptors (Lipinski definition) is 4. The summed E-state index contributed by atoms with van der Waals surface area (Å²) >= 11 is 0. The van der Waals surface area contributed by atoms with Crippen LogP contribution in [0.5, 0.6) is 5.75 Å². The van der Waals surface area contributed by atoms with Crippen molar-refractivity contribution in [1.82, 2.24) is 9.21 Å². The summed E-state index contributed by atoms with van der Waals surface area (Å²) in [6.07, 6.45) is 1.26. The molecule has 7 heteroatoms. The second-order valence-electron chi connectivity index (χ2n) is 7.51. The molecule has 3 atom stereocenters. The van der Waals surface area contributed by atoms with Crippen molar-refractivity contribution >= 4 is 15.9 Å². The third-order valence-corrected chi connectivity index (χ3v) is 6.88. The molecule has 2 saturated heterocycles. The number of benzene rings is 2. The molecule has 2 fully saturated rings. The fourth-order valence-corrected chi connectivity index (χ4v) is 5.52. The van der Waals surface area contributed by atoms with E-state index in [1.54, 1.807) is 4.31 Å². The number of hydrogen-bond donors (Lipinski definition) is 0. The van der Waals surface area contributed by atoms with Gasteiger partial charge in [-0.1, -0.05) is 48.5 Å². The van der Waals surface area contributed by atoms with E-state index in [-0.39, 0.29) is 30.4 Å². The lowest BCUT2D eigenvalue weighted by molar-refractivity contribution is -0.132. The van der Waals surface area contributed by atoms with Crippen molar-refractivity contribution in [3.8, 4) is 5.75 Å². The average molecular weight is 401 g/mol. The highest BCUT2D eigenvalue weighted by Gasteiger charge is 2.51. The van der Waals surface area contributed by atoms with Crippen LogP contribution in [0.25, 0.3) is 0 Å². The van der Waals surface area contributed by atoms with Gasteiger partial charge in [-0.25, -0.2) is 8.42 Å². The van der Waals surface area contributed by atoms with Gasteiger partial charge in [0.15, 0.2) is 6.61 Å². The first-order valence-corrected chi connectivity index (χ1v) is 11.3. The third-order valence-electron chi connectivity index (χ3n) is 5.65. The van der Waals surface area contributed by atoms with E-state index >= 15 is 0 Å². The normalized spacial score (nSPS) is 24.9. The van der Waals surface area contributed by atoms with Crippen molar-refractivity contribution in [3.05, 3.63) is 66.2 Å². The Morgan fingerprint density at radius 2 is 1.64 bits per heavy atom. The molecule has 0 radical (unpaired) electrons. The smallest absolute Gasteiger partial charge is 0.260 e. The lowest BCUT2D eigenvalue weighted by Crippen LogP contribution is -2.38. The van der Waals surface area contributed by atoms with Crippen LogP contribution in [0.2, 0.25) is 0 Å². The number of carbonyl (C=O) groups excluding carboxylic acids is 1. The summed E-state index contributed by atoms with van der Waals surface area (Å²) < 4.78 is 31.9. The van der Waals surface area contributed by atoms with Gasteiger partial charge in [0.25, 0.3) is 5.91 Å². The topological polar surface area (TPSA) is 66.9 Å². The first kappa shape index (κ1) is 19.0. The van der Waals surface area contributed by atoms with Gasteiger partial charge in [0.2, 0.25) is 10.0 Å². The zero-order valence-electron chi connectivity index (χ0n) is 15.8. The molecule has 6 nitrogen and oxygen atoms in total. The Labute approximate surface area is 165 Å². The van der Waals surface area contributed by atoms with Crippen molar-refractivity contribution in [2.24, 2.45) is 11.8 Å². The fraction of sp³-hybridized carbons (Fsp3) is 0.381. The minimum atomic E-state index is -3.32. The number of amides is 1. The van der Waals surface area contributed by atoms with Crippen molar-refractivity contribution in [1.29, 1.82) is 0 Å². The van der Waals surface area contributed by atoms with Crippen molar-refractivity contribution < 1.29 is 17.9 Å². The quantitative estimate of drug-likeness (QED) is 0.771. The summed E-state index contributed by atoms with van der Waals surface area (Å²) in [4.78, 5) is 14.5. The summed E-state index contributed by atoms with van der Waals surface area (Å²) in [7, 11) is -3.32. The summed E-state index contributed by atoms with van der Waals surface area (Å²) in [5, 5.41) is 0. The van der Waals surface area contributed by atoms with Crippen LogP contribution in [-0.2, 0) is 14.8 Å². The van der Waals surface area contributed by atoms with E-state index in [0.717, 1.165) is 5.56 Å². The first-order chi connectivity index (χ1) is 13.4. The van der Waals surface area contributed by atoms with Crippen molar-refractivity contribution in [2.75, 3.05) is 32.5 Å². The van der Waals surface area contributed by atoms with Crippen molar-refractivity contribution in [3.63, 3.8) is 0 Å². The molecule has 0 spiro atoms. The molecule has 0 saturated carbocycles. The standard InChI is InChI=1S/C21H24N2O4S/c1-28(25,26)23-13-17-12-22(20(24)15-27-18-10-6-3-7-11-18)14-19(17)21(23)16-8-4-2-5-9-16/h2-11,17,19,21H,12-15H2,1H3/t17-,19-,21+/m1/s1. The van der Waals surface area contributed by atoms with Gasteiger partial charge in [-0.2, -0.15) is 4.31 Å². The summed E-state index contributed by atoms with van der Waals surface area (Å²) in [6.45, 7) is 1.56. The Kier molecular flexibility index (Phi) is 5.12. The minimum absolute atomic E-state index is 0.00471. The zero-order valence-corrected chi connectivity index (χ0v) is 16.6. The van der Waals surface area contributed by atoms with E-state index in [4.69, 9.17) is 4.74 Å². The Morgan fingerprint density at radius 1 is 1.00 bits per heavy atom. The molecule has 0 aliphatic carbocycles. The lowest BCUT2D eigenvalue weighted by atomic mass is 9.90. The monoisotopic (exact) mass is 400 g/mol. The van der Waals surface area contributed by atoms with Crippen LogP contribution in [0, 0.1) is 11.8 Å². The molecule has 2 aliphatic heterocycles. The van der Waals surface area contributed by atoms with Crippen LogP contribution in [-0.4, -0.2) is 56.0 Å². The Bertz CT molecular complexity index is 933. The van der Waals surface area contributed by atoms with Gasteiger partial charge in [-0.05, 0) is 23.6 Å². The number of sulfonamides is 1. The van der Waals surface area contributed by atoms with Crippen LogP contribution < -0.4 is 4.74 Å². The van der Waals surface area contributed by atoms with Gasteiger partial charge < -0.3 is 9.64 Å². The van der Waals surface area contributed by atoms with E-state index in [1.807, 2.05) is 65.6 Å². The second-order valence-corrected chi connectivity index (χ2v) is 9.45. The Balaban J connectivity index is 1.48. The van der Waals surface area contributed by atoms with Gasteiger partial charge >= 0.3 is 0 Å². The fourth-order valence-electron chi connectivity index (χ4n) is 4.37. The highest BCUT2D eigenvalue weighted by Crippen LogP contribution is 2.46. The molecular formula is C21H24N2O4S. The van der Waals surface area contributed by atoms with E-state index in [1.165, 1.54) is 6.26 Å².